The van der Waals surface area contributed by atoms with Gasteiger partial charge in [-0.25, -0.2) is 13.6 Å². The summed E-state index contributed by atoms with van der Waals surface area (Å²) in [7, 11) is 0. The summed E-state index contributed by atoms with van der Waals surface area (Å²) in [6.45, 7) is 0.570. The lowest BCUT2D eigenvalue weighted by molar-refractivity contribution is -0.150. The van der Waals surface area contributed by atoms with Crippen LogP contribution in [0.4, 0.5) is 14.5 Å². The molecule has 0 bridgehead atoms. The van der Waals surface area contributed by atoms with E-state index in [0.717, 1.165) is 24.1 Å². The van der Waals surface area contributed by atoms with Crippen LogP contribution < -0.4 is 15.4 Å². The van der Waals surface area contributed by atoms with Crippen LogP contribution in [-0.4, -0.2) is 37.5 Å². The highest BCUT2D eigenvalue weighted by Crippen LogP contribution is 2.18. The van der Waals surface area contributed by atoms with Gasteiger partial charge in [0.25, 0.3) is 5.91 Å². The molecule has 154 valence electrons. The van der Waals surface area contributed by atoms with Crippen molar-refractivity contribution < 1.29 is 32.6 Å². The van der Waals surface area contributed by atoms with Gasteiger partial charge in [0, 0.05) is 11.8 Å². The first-order valence-electron chi connectivity index (χ1n) is 8.77. The predicted molar refractivity (Wildman–Crippen MR) is 100 cm³/mol. The minimum absolute atomic E-state index is 0.0408. The number of halogens is 2. The van der Waals surface area contributed by atoms with Crippen LogP contribution in [0.25, 0.3) is 0 Å². The summed E-state index contributed by atoms with van der Waals surface area (Å²) in [6, 6.07) is 10.1. The summed E-state index contributed by atoms with van der Waals surface area (Å²) in [5.41, 5.74) is 0.976. The van der Waals surface area contributed by atoms with E-state index < -0.39 is 42.6 Å². The highest BCUT2D eigenvalue weighted by atomic mass is 19.2. The van der Waals surface area contributed by atoms with Gasteiger partial charge in [-0.1, -0.05) is 25.1 Å². The molecule has 0 aliphatic rings. The number of hydrogen-bond donors (Lipinski definition) is 2. The molecule has 0 saturated heterocycles. The Balaban J connectivity index is 1.67. The molecule has 0 atom stereocenters. The van der Waals surface area contributed by atoms with Crippen LogP contribution in [0, 0.1) is 11.6 Å². The molecule has 0 radical (unpaired) electrons. The lowest BCUT2D eigenvalue weighted by Gasteiger charge is -2.10. The van der Waals surface area contributed by atoms with Crippen LogP contribution in [-0.2, 0) is 25.5 Å². The molecule has 9 heteroatoms. The second-order valence-corrected chi connectivity index (χ2v) is 5.86. The molecular weight excluding hydrogens is 386 g/mol. The van der Waals surface area contributed by atoms with Gasteiger partial charge in [-0.15, -0.1) is 0 Å². The average molecular weight is 406 g/mol. The molecule has 0 aromatic heterocycles. The standard InChI is InChI=1S/C20H20F2N2O5/c1-2-13-5-3-4-6-17(13)28-12-20(27)29-11-19(26)23-10-18(25)24-14-7-8-15(21)16(22)9-14/h3-9H,2,10-12H2,1H3,(H,23,26)(H,24,25). The number of anilines is 1. The van der Waals surface area contributed by atoms with Crippen molar-refractivity contribution in [1.82, 2.24) is 5.32 Å². The van der Waals surface area contributed by atoms with Crippen molar-refractivity contribution >= 4 is 23.5 Å². The van der Waals surface area contributed by atoms with Crippen LogP contribution in [0.2, 0.25) is 0 Å². The first kappa shape index (κ1) is 21.8. The zero-order valence-electron chi connectivity index (χ0n) is 15.7. The zero-order chi connectivity index (χ0) is 21.2. The van der Waals surface area contributed by atoms with E-state index in [4.69, 9.17) is 9.47 Å². The maximum absolute atomic E-state index is 13.1. The summed E-state index contributed by atoms with van der Waals surface area (Å²) in [6.07, 6.45) is 0.736. The first-order valence-corrected chi connectivity index (χ1v) is 8.77. The van der Waals surface area contributed by atoms with E-state index in [-0.39, 0.29) is 12.3 Å². The topological polar surface area (TPSA) is 93.7 Å². The van der Waals surface area contributed by atoms with Gasteiger partial charge in [0.1, 0.15) is 5.75 Å². The van der Waals surface area contributed by atoms with Crippen LogP contribution >= 0.6 is 0 Å². The summed E-state index contributed by atoms with van der Waals surface area (Å²) in [5, 5.41) is 4.53. The number of nitrogens with one attached hydrogen (secondary N) is 2. The van der Waals surface area contributed by atoms with Crippen molar-refractivity contribution in [2.45, 2.75) is 13.3 Å². The van der Waals surface area contributed by atoms with E-state index in [1.807, 2.05) is 19.1 Å². The zero-order valence-corrected chi connectivity index (χ0v) is 15.7. The molecule has 0 fully saturated rings. The fourth-order valence-corrected chi connectivity index (χ4v) is 2.27. The van der Waals surface area contributed by atoms with E-state index in [1.54, 1.807) is 12.1 Å². The van der Waals surface area contributed by atoms with Crippen molar-refractivity contribution in [2.75, 3.05) is 25.1 Å². The molecule has 0 aliphatic heterocycles. The fourth-order valence-electron chi connectivity index (χ4n) is 2.27. The molecule has 0 heterocycles. The molecule has 2 aromatic rings. The third kappa shape index (κ3) is 7.21. The third-order valence-corrected chi connectivity index (χ3v) is 3.71. The van der Waals surface area contributed by atoms with Crippen molar-refractivity contribution in [1.29, 1.82) is 0 Å². The number of esters is 1. The number of aryl methyl sites for hydroxylation is 1. The van der Waals surface area contributed by atoms with Crippen LogP contribution in [0.3, 0.4) is 0 Å². The van der Waals surface area contributed by atoms with Gasteiger partial charge in [0.2, 0.25) is 5.91 Å². The van der Waals surface area contributed by atoms with Gasteiger partial charge in [-0.05, 0) is 30.2 Å². The molecule has 0 spiro atoms. The Labute approximate surface area is 166 Å². The molecule has 2 aromatic carbocycles. The SMILES string of the molecule is CCc1ccccc1OCC(=O)OCC(=O)NCC(=O)Nc1ccc(F)c(F)c1. The normalized spacial score (nSPS) is 10.2. The number of para-hydroxylation sites is 1. The first-order chi connectivity index (χ1) is 13.9. The van der Waals surface area contributed by atoms with Crippen molar-refractivity contribution in [3.05, 3.63) is 59.7 Å². The monoisotopic (exact) mass is 406 g/mol. The van der Waals surface area contributed by atoms with Gasteiger partial charge in [-0.3, -0.25) is 9.59 Å². The van der Waals surface area contributed by atoms with E-state index in [9.17, 15) is 23.2 Å². The summed E-state index contributed by atoms with van der Waals surface area (Å²) in [4.78, 5) is 35.0. The largest absolute Gasteiger partial charge is 0.482 e. The van der Waals surface area contributed by atoms with Gasteiger partial charge < -0.3 is 20.1 Å². The maximum Gasteiger partial charge on any atom is 0.344 e. The summed E-state index contributed by atoms with van der Waals surface area (Å²) in [5.74, 6) is -3.69. The number of carbonyl (C=O) groups is 3. The Morgan fingerprint density at radius 2 is 1.72 bits per heavy atom. The molecular formula is C20H20F2N2O5. The minimum atomic E-state index is -1.11. The second kappa shape index (κ2) is 10.7. The van der Waals surface area contributed by atoms with Crippen LogP contribution in [0.1, 0.15) is 12.5 Å². The Bertz CT molecular complexity index is 889. The number of ether oxygens (including phenoxy) is 2. The molecule has 2 N–H and O–H groups in total. The van der Waals surface area contributed by atoms with Gasteiger partial charge >= 0.3 is 5.97 Å². The number of carbonyl (C=O) groups excluding carboxylic acids is 3. The number of benzene rings is 2. The quantitative estimate of drug-likeness (QED) is 0.623. The van der Waals surface area contributed by atoms with Crippen molar-refractivity contribution in [3.63, 3.8) is 0 Å². The molecule has 2 rings (SSSR count). The molecule has 2 amide bonds. The molecule has 0 aliphatic carbocycles. The Morgan fingerprint density at radius 3 is 2.45 bits per heavy atom. The summed E-state index contributed by atoms with van der Waals surface area (Å²) < 4.78 is 36.1. The van der Waals surface area contributed by atoms with Crippen molar-refractivity contribution in [2.24, 2.45) is 0 Å². The van der Waals surface area contributed by atoms with Crippen molar-refractivity contribution in [3.8, 4) is 5.75 Å². The van der Waals surface area contributed by atoms with E-state index in [2.05, 4.69) is 10.6 Å². The van der Waals surface area contributed by atoms with Crippen LogP contribution in [0.5, 0.6) is 5.75 Å². The Kier molecular flexibility index (Phi) is 8.08. The highest BCUT2D eigenvalue weighted by Gasteiger charge is 2.11. The Hall–Kier alpha value is -3.49. The fraction of sp³-hybridized carbons (Fsp3) is 0.250. The van der Waals surface area contributed by atoms with Gasteiger partial charge in [0.15, 0.2) is 24.8 Å². The average Bonchev–Trinajstić information content (AvgIpc) is 2.72. The van der Waals surface area contributed by atoms with Crippen LogP contribution in [0.15, 0.2) is 42.5 Å². The predicted octanol–water partition coefficient (Wildman–Crippen LogP) is 2.20. The highest BCUT2D eigenvalue weighted by molar-refractivity contribution is 5.94. The van der Waals surface area contributed by atoms with E-state index >= 15 is 0 Å². The number of rotatable bonds is 9. The Morgan fingerprint density at radius 1 is 0.966 bits per heavy atom. The lowest BCUT2D eigenvalue weighted by Crippen LogP contribution is -2.36. The van der Waals surface area contributed by atoms with Gasteiger partial charge in [-0.2, -0.15) is 0 Å². The van der Waals surface area contributed by atoms with E-state index in [0.29, 0.717) is 5.75 Å². The molecule has 0 saturated carbocycles. The maximum atomic E-state index is 13.1. The molecule has 29 heavy (non-hydrogen) atoms. The second-order valence-electron chi connectivity index (χ2n) is 5.86. The van der Waals surface area contributed by atoms with E-state index in [1.165, 1.54) is 6.07 Å². The smallest absolute Gasteiger partial charge is 0.344 e. The number of hydrogen-bond acceptors (Lipinski definition) is 5. The number of amides is 2. The molecule has 7 nitrogen and oxygen atoms in total. The lowest BCUT2D eigenvalue weighted by atomic mass is 10.1. The summed E-state index contributed by atoms with van der Waals surface area (Å²) >= 11 is 0. The van der Waals surface area contributed by atoms with Gasteiger partial charge in [0.05, 0.1) is 6.54 Å². The third-order valence-electron chi connectivity index (χ3n) is 3.71. The minimum Gasteiger partial charge on any atom is -0.482 e. The molecule has 0 unspecified atom stereocenters.